The van der Waals surface area contributed by atoms with Gasteiger partial charge in [-0.3, -0.25) is 0 Å². The Morgan fingerprint density at radius 1 is 0.864 bits per heavy atom. The molecular weight excluding hydrogens is 278 g/mol. The van der Waals surface area contributed by atoms with Crippen LogP contribution in [0.2, 0.25) is 0 Å². The third-order valence-electron chi connectivity index (χ3n) is 4.46. The van der Waals surface area contributed by atoms with Gasteiger partial charge in [0.1, 0.15) is 12.5 Å². The summed E-state index contributed by atoms with van der Waals surface area (Å²) in [6.45, 7) is 1.01. The lowest BCUT2D eigenvalue weighted by Crippen LogP contribution is -2.46. The number of hydrogen-bond donors (Lipinski definition) is 0. The lowest BCUT2D eigenvalue weighted by molar-refractivity contribution is -0.101. The van der Waals surface area contributed by atoms with Crippen LogP contribution in [0.1, 0.15) is 23.6 Å². The molecular formula is C18H19NO3. The van der Waals surface area contributed by atoms with Crippen LogP contribution in [0.15, 0.2) is 60.7 Å². The van der Waals surface area contributed by atoms with Crippen molar-refractivity contribution in [2.45, 2.75) is 18.2 Å². The van der Waals surface area contributed by atoms with Crippen molar-refractivity contribution in [3.63, 3.8) is 0 Å². The maximum absolute atomic E-state index is 6.07. The highest BCUT2D eigenvalue weighted by atomic mass is 16.6. The number of ether oxygens (including phenoxy) is 3. The van der Waals surface area contributed by atoms with Gasteiger partial charge >= 0.3 is 0 Å². The number of rotatable bonds is 3. The molecule has 0 spiro atoms. The summed E-state index contributed by atoms with van der Waals surface area (Å²) in [5.41, 5.74) is 1.72. The lowest BCUT2D eigenvalue weighted by atomic mass is 10.1. The number of fused-ring (bicyclic) bond motifs is 1. The van der Waals surface area contributed by atoms with Crippen LogP contribution in [0, 0.1) is 0 Å². The van der Waals surface area contributed by atoms with Crippen LogP contribution < -0.4 is 0 Å². The maximum atomic E-state index is 6.07. The van der Waals surface area contributed by atoms with Gasteiger partial charge in [0.15, 0.2) is 5.72 Å². The molecule has 0 aliphatic carbocycles. The third kappa shape index (κ3) is 2.08. The fourth-order valence-electron chi connectivity index (χ4n) is 3.29. The average Bonchev–Trinajstić information content (AvgIpc) is 3.14. The van der Waals surface area contributed by atoms with E-state index in [-0.39, 0.29) is 12.5 Å². The van der Waals surface area contributed by atoms with E-state index in [4.69, 9.17) is 14.2 Å². The summed E-state index contributed by atoms with van der Waals surface area (Å²) in [7, 11) is 1.72. The van der Waals surface area contributed by atoms with Crippen molar-refractivity contribution < 1.29 is 14.2 Å². The van der Waals surface area contributed by atoms with Gasteiger partial charge in [-0.15, -0.1) is 0 Å². The average molecular weight is 297 g/mol. The van der Waals surface area contributed by atoms with Gasteiger partial charge in [-0.2, -0.15) is 0 Å². The van der Waals surface area contributed by atoms with Crippen LogP contribution in [-0.2, 0) is 14.2 Å². The van der Waals surface area contributed by atoms with Gasteiger partial charge < -0.3 is 14.2 Å². The summed E-state index contributed by atoms with van der Waals surface area (Å²) >= 11 is 0. The summed E-state index contributed by atoms with van der Waals surface area (Å²) < 4.78 is 17.9. The van der Waals surface area contributed by atoms with Crippen molar-refractivity contribution in [3.8, 4) is 0 Å². The Hall–Kier alpha value is -1.72. The highest BCUT2D eigenvalue weighted by Crippen LogP contribution is 2.49. The molecule has 2 heterocycles. The number of benzene rings is 2. The molecule has 0 radical (unpaired) electrons. The normalized spacial score (nSPS) is 31.3. The van der Waals surface area contributed by atoms with E-state index < -0.39 is 5.72 Å². The van der Waals surface area contributed by atoms with Crippen molar-refractivity contribution in [2.75, 3.05) is 20.3 Å². The van der Waals surface area contributed by atoms with E-state index in [1.54, 1.807) is 7.11 Å². The first kappa shape index (κ1) is 13.9. The first-order valence-electron chi connectivity index (χ1n) is 7.51. The number of nitrogens with zero attached hydrogens (tertiary/aromatic N) is 1. The van der Waals surface area contributed by atoms with Crippen molar-refractivity contribution in [2.24, 2.45) is 0 Å². The van der Waals surface area contributed by atoms with E-state index >= 15 is 0 Å². The largest absolute Gasteiger partial charge is 0.359 e. The van der Waals surface area contributed by atoms with Crippen LogP contribution in [0.5, 0.6) is 0 Å². The van der Waals surface area contributed by atoms with E-state index in [0.717, 1.165) is 11.1 Å². The second-order valence-electron chi connectivity index (χ2n) is 5.71. The van der Waals surface area contributed by atoms with Crippen molar-refractivity contribution in [1.29, 1.82) is 0 Å². The Bertz CT molecular complexity index is 580. The van der Waals surface area contributed by atoms with Crippen molar-refractivity contribution in [3.05, 3.63) is 71.8 Å². The summed E-state index contributed by atoms with van der Waals surface area (Å²) in [5.74, 6) is 0. The fraction of sp³-hybridized carbons (Fsp3) is 0.333. The van der Waals surface area contributed by atoms with E-state index in [0.29, 0.717) is 13.2 Å². The molecule has 0 N–H and O–H groups in total. The summed E-state index contributed by atoms with van der Waals surface area (Å²) in [4.78, 5) is 2.21. The molecule has 0 amide bonds. The molecule has 4 heteroatoms. The minimum absolute atomic E-state index is 0.158. The summed E-state index contributed by atoms with van der Waals surface area (Å²) in [6.07, 6.45) is -0.317. The van der Waals surface area contributed by atoms with Gasteiger partial charge in [0.2, 0.25) is 0 Å². The maximum Gasteiger partial charge on any atom is 0.173 e. The highest BCUT2D eigenvalue weighted by Gasteiger charge is 2.57. The summed E-state index contributed by atoms with van der Waals surface area (Å²) in [5, 5.41) is 0. The molecule has 4 rings (SSSR count). The van der Waals surface area contributed by atoms with E-state index in [1.165, 1.54) is 0 Å². The van der Waals surface area contributed by atoms with Gasteiger partial charge in [0.25, 0.3) is 0 Å². The molecule has 2 aliphatic rings. The summed E-state index contributed by atoms with van der Waals surface area (Å²) in [6, 6.07) is 20.5. The van der Waals surface area contributed by atoms with E-state index in [9.17, 15) is 0 Å². The second kappa shape index (κ2) is 5.48. The van der Waals surface area contributed by atoms with E-state index in [1.807, 2.05) is 36.4 Å². The predicted octanol–water partition coefficient (Wildman–Crippen LogP) is 3.09. The first-order chi connectivity index (χ1) is 10.8. The quantitative estimate of drug-likeness (QED) is 0.871. The Morgan fingerprint density at radius 3 is 1.73 bits per heavy atom. The molecule has 4 nitrogen and oxygen atoms in total. The minimum Gasteiger partial charge on any atom is -0.359 e. The predicted molar refractivity (Wildman–Crippen MR) is 81.8 cm³/mol. The van der Waals surface area contributed by atoms with Crippen LogP contribution in [0.4, 0.5) is 0 Å². The molecule has 2 saturated heterocycles. The first-order valence-corrected chi connectivity index (χ1v) is 7.51. The van der Waals surface area contributed by atoms with Gasteiger partial charge in [-0.1, -0.05) is 60.7 Å². The smallest absolute Gasteiger partial charge is 0.173 e. The highest BCUT2D eigenvalue weighted by molar-refractivity contribution is 5.24. The van der Waals surface area contributed by atoms with Crippen LogP contribution in [0.25, 0.3) is 0 Å². The van der Waals surface area contributed by atoms with Gasteiger partial charge in [-0.25, -0.2) is 4.90 Å². The molecule has 0 bridgehead atoms. The minimum atomic E-state index is -0.513. The zero-order chi connectivity index (χ0) is 15.0. The zero-order valence-electron chi connectivity index (χ0n) is 12.5. The molecule has 2 fully saturated rings. The Balaban J connectivity index is 1.74. The van der Waals surface area contributed by atoms with Crippen LogP contribution in [-0.4, -0.2) is 30.9 Å². The molecule has 114 valence electrons. The van der Waals surface area contributed by atoms with Crippen LogP contribution in [0.3, 0.4) is 0 Å². The fourth-order valence-corrected chi connectivity index (χ4v) is 3.29. The monoisotopic (exact) mass is 297 g/mol. The van der Waals surface area contributed by atoms with E-state index in [2.05, 4.69) is 29.2 Å². The molecule has 2 aromatic carbocycles. The van der Waals surface area contributed by atoms with Crippen LogP contribution >= 0.6 is 0 Å². The lowest BCUT2D eigenvalue weighted by Gasteiger charge is -2.32. The third-order valence-corrected chi connectivity index (χ3v) is 4.46. The topological polar surface area (TPSA) is 30.9 Å². The SMILES string of the molecule is COC12COC(c3ccccc3)N1C(c1ccccc1)OC2. The number of methoxy groups -OCH3 is 1. The molecule has 0 aromatic heterocycles. The standard InChI is InChI=1S/C18H19NO3/c1-20-18-12-21-16(14-8-4-2-5-9-14)19(18)17(22-13-18)15-10-6-3-7-11-15/h2-11,16-17H,12-13H2,1H3. The molecule has 2 atom stereocenters. The van der Waals surface area contributed by atoms with Gasteiger partial charge in [0, 0.05) is 7.11 Å². The van der Waals surface area contributed by atoms with Gasteiger partial charge in [-0.05, 0) is 11.1 Å². The zero-order valence-corrected chi connectivity index (χ0v) is 12.5. The molecule has 22 heavy (non-hydrogen) atoms. The Kier molecular flexibility index (Phi) is 3.47. The molecule has 2 aromatic rings. The second-order valence-corrected chi connectivity index (χ2v) is 5.71. The van der Waals surface area contributed by atoms with Gasteiger partial charge in [0.05, 0.1) is 13.2 Å². The van der Waals surface area contributed by atoms with Crippen molar-refractivity contribution in [1.82, 2.24) is 4.90 Å². The molecule has 0 saturated carbocycles. The Labute approximate surface area is 130 Å². The molecule has 2 unspecified atom stereocenters. The van der Waals surface area contributed by atoms with Crippen molar-refractivity contribution >= 4 is 0 Å². The molecule has 2 aliphatic heterocycles. The Morgan fingerprint density at radius 2 is 1.32 bits per heavy atom. The number of hydrogen-bond acceptors (Lipinski definition) is 4.